The van der Waals surface area contributed by atoms with E-state index in [2.05, 4.69) is 0 Å². The zero-order valence-corrected chi connectivity index (χ0v) is 20.1. The number of hydrogen-bond donors (Lipinski definition) is 0. The lowest BCUT2D eigenvalue weighted by atomic mass is 10.1. The smallest absolute Gasteiger partial charge is 0.416 e. The van der Waals surface area contributed by atoms with Crippen LogP contribution in [0.4, 0.5) is 22.8 Å². The Balaban J connectivity index is 0.00000176. The van der Waals surface area contributed by atoms with Crippen molar-refractivity contribution in [2.24, 2.45) is 0 Å². The van der Waals surface area contributed by atoms with Crippen molar-refractivity contribution in [1.82, 2.24) is 14.7 Å². The summed E-state index contributed by atoms with van der Waals surface area (Å²) in [5.41, 5.74) is -0.786. The molecule has 2 aliphatic heterocycles. The summed E-state index contributed by atoms with van der Waals surface area (Å²) < 4.78 is 44.6. The molecule has 180 valence electrons. The Morgan fingerprint density at radius 2 is 1.53 bits per heavy atom. The average molecular weight is 476 g/mol. The lowest BCUT2D eigenvalue weighted by Gasteiger charge is -2.37. The number of urea groups is 1. The summed E-state index contributed by atoms with van der Waals surface area (Å²) in [4.78, 5) is 30.7. The number of benzene rings is 1. The standard InChI is InChI=1S/C20H26F3N3O3S.C2H6/c1-19(2,3)29-18(28)25-8-6-24(7-9-25)17(27)26-10-11-30-16-5-4-15(20(21,22)23)12-14(16)13-26;1-2/h4-5,12H,6-11,13H2,1-3H3;1-2H3. The Morgan fingerprint density at radius 1 is 0.938 bits per heavy atom. The van der Waals surface area contributed by atoms with E-state index in [1.165, 1.54) is 17.8 Å². The van der Waals surface area contributed by atoms with E-state index in [9.17, 15) is 22.8 Å². The molecule has 1 aromatic carbocycles. The molecule has 0 spiro atoms. The van der Waals surface area contributed by atoms with Crippen LogP contribution in [0, 0.1) is 0 Å². The zero-order valence-electron chi connectivity index (χ0n) is 19.3. The van der Waals surface area contributed by atoms with Gasteiger partial charge in [0.2, 0.25) is 0 Å². The fraction of sp³-hybridized carbons (Fsp3) is 0.636. The van der Waals surface area contributed by atoms with Gasteiger partial charge in [-0.25, -0.2) is 9.59 Å². The third-order valence-electron chi connectivity index (χ3n) is 4.84. The zero-order chi connectivity index (χ0) is 24.1. The van der Waals surface area contributed by atoms with E-state index in [-0.39, 0.29) is 12.6 Å². The maximum atomic E-state index is 13.1. The van der Waals surface area contributed by atoms with Gasteiger partial charge in [-0.15, -0.1) is 11.8 Å². The fourth-order valence-corrected chi connectivity index (χ4v) is 4.35. The molecule has 2 aliphatic rings. The minimum absolute atomic E-state index is 0.136. The second-order valence-electron chi connectivity index (χ2n) is 8.33. The van der Waals surface area contributed by atoms with Crippen LogP contribution in [0.5, 0.6) is 0 Å². The molecule has 0 aromatic heterocycles. The summed E-state index contributed by atoms with van der Waals surface area (Å²) in [6.45, 7) is 11.4. The Bertz CT molecular complexity index is 804. The van der Waals surface area contributed by atoms with Crippen molar-refractivity contribution >= 4 is 23.9 Å². The number of halogens is 3. The second kappa shape index (κ2) is 10.7. The van der Waals surface area contributed by atoms with Crippen LogP contribution in [0.15, 0.2) is 23.1 Å². The lowest BCUT2D eigenvalue weighted by molar-refractivity contribution is -0.137. The van der Waals surface area contributed by atoms with Crippen molar-refractivity contribution in [3.8, 4) is 0 Å². The highest BCUT2D eigenvalue weighted by molar-refractivity contribution is 7.99. The molecule has 3 rings (SSSR count). The Labute approximate surface area is 192 Å². The van der Waals surface area contributed by atoms with Gasteiger partial charge < -0.3 is 19.4 Å². The lowest BCUT2D eigenvalue weighted by Crippen LogP contribution is -2.54. The molecule has 32 heavy (non-hydrogen) atoms. The first kappa shape index (κ1) is 26.2. The van der Waals surface area contributed by atoms with Crippen molar-refractivity contribution in [1.29, 1.82) is 0 Å². The van der Waals surface area contributed by atoms with Gasteiger partial charge in [0.05, 0.1) is 5.56 Å². The van der Waals surface area contributed by atoms with Gasteiger partial charge in [0.1, 0.15) is 5.60 Å². The van der Waals surface area contributed by atoms with Crippen LogP contribution in [0.2, 0.25) is 0 Å². The van der Waals surface area contributed by atoms with Crippen molar-refractivity contribution in [2.75, 3.05) is 38.5 Å². The second-order valence-corrected chi connectivity index (χ2v) is 9.46. The number of hydrogen-bond acceptors (Lipinski definition) is 4. The number of fused-ring (bicyclic) bond motifs is 1. The minimum atomic E-state index is -4.42. The van der Waals surface area contributed by atoms with Gasteiger partial charge in [0.15, 0.2) is 0 Å². The Hall–Kier alpha value is -2.10. The molecule has 6 nitrogen and oxygen atoms in total. The summed E-state index contributed by atoms with van der Waals surface area (Å²) in [5.74, 6) is 0.613. The highest BCUT2D eigenvalue weighted by Crippen LogP contribution is 2.35. The molecule has 0 saturated carbocycles. The van der Waals surface area contributed by atoms with Crippen molar-refractivity contribution in [2.45, 2.75) is 57.8 Å². The van der Waals surface area contributed by atoms with Crippen LogP contribution >= 0.6 is 11.8 Å². The van der Waals surface area contributed by atoms with E-state index >= 15 is 0 Å². The maximum Gasteiger partial charge on any atom is 0.416 e. The Kier molecular flexibility index (Phi) is 8.73. The van der Waals surface area contributed by atoms with Gasteiger partial charge >= 0.3 is 18.3 Å². The minimum Gasteiger partial charge on any atom is -0.444 e. The normalized spacial score (nSPS) is 17.1. The number of rotatable bonds is 0. The summed E-state index contributed by atoms with van der Waals surface area (Å²) >= 11 is 1.46. The summed E-state index contributed by atoms with van der Waals surface area (Å²) in [5, 5.41) is 0. The maximum absolute atomic E-state index is 13.1. The number of alkyl halides is 3. The topological polar surface area (TPSA) is 53.1 Å². The van der Waals surface area contributed by atoms with E-state index in [0.29, 0.717) is 44.0 Å². The first-order valence-corrected chi connectivity index (χ1v) is 11.8. The van der Waals surface area contributed by atoms with Gasteiger partial charge in [0.25, 0.3) is 0 Å². The van der Waals surface area contributed by atoms with Crippen LogP contribution in [0.3, 0.4) is 0 Å². The number of nitrogens with zero attached hydrogens (tertiary/aromatic N) is 3. The average Bonchev–Trinajstić information content (AvgIpc) is 2.95. The highest BCUT2D eigenvalue weighted by atomic mass is 32.2. The largest absolute Gasteiger partial charge is 0.444 e. The van der Waals surface area contributed by atoms with Crippen LogP contribution < -0.4 is 0 Å². The van der Waals surface area contributed by atoms with Crippen molar-refractivity contribution in [3.63, 3.8) is 0 Å². The van der Waals surface area contributed by atoms with E-state index in [4.69, 9.17) is 4.74 Å². The molecule has 1 aromatic rings. The first-order chi connectivity index (χ1) is 14.9. The van der Waals surface area contributed by atoms with Gasteiger partial charge in [0, 0.05) is 49.9 Å². The van der Waals surface area contributed by atoms with Crippen LogP contribution in [-0.4, -0.2) is 70.9 Å². The first-order valence-electron chi connectivity index (χ1n) is 10.8. The number of ether oxygens (including phenoxy) is 1. The SMILES string of the molecule is CC.CC(C)(C)OC(=O)N1CCN(C(=O)N2CCSc3ccc(C(F)(F)F)cc3C2)CC1. The molecule has 0 aliphatic carbocycles. The monoisotopic (exact) mass is 475 g/mol. The van der Waals surface area contributed by atoms with Gasteiger partial charge in [-0.2, -0.15) is 13.2 Å². The molecule has 10 heteroatoms. The number of carbonyl (C=O) groups is 2. The number of thioether (sulfide) groups is 1. The number of amides is 3. The molecule has 2 heterocycles. The molecular weight excluding hydrogens is 443 g/mol. The van der Waals surface area contributed by atoms with E-state index in [1.807, 2.05) is 13.8 Å². The Morgan fingerprint density at radius 3 is 2.09 bits per heavy atom. The quantitative estimate of drug-likeness (QED) is 0.510. The molecule has 3 amide bonds. The van der Waals surface area contributed by atoms with E-state index in [0.717, 1.165) is 17.0 Å². The molecule has 0 bridgehead atoms. The van der Waals surface area contributed by atoms with Crippen molar-refractivity contribution < 1.29 is 27.5 Å². The number of piperazine rings is 1. The predicted molar refractivity (Wildman–Crippen MR) is 119 cm³/mol. The van der Waals surface area contributed by atoms with Crippen molar-refractivity contribution in [3.05, 3.63) is 29.3 Å². The highest BCUT2D eigenvalue weighted by Gasteiger charge is 2.33. The van der Waals surface area contributed by atoms with Gasteiger partial charge in [-0.3, -0.25) is 0 Å². The third-order valence-corrected chi connectivity index (χ3v) is 5.94. The summed E-state index contributed by atoms with van der Waals surface area (Å²) in [7, 11) is 0. The molecular formula is C22H32F3N3O3S. The molecule has 0 atom stereocenters. The summed E-state index contributed by atoms with van der Waals surface area (Å²) in [6.07, 6.45) is -4.83. The van der Waals surface area contributed by atoms with E-state index in [1.54, 1.807) is 35.5 Å². The van der Waals surface area contributed by atoms with Gasteiger partial charge in [-0.05, 0) is 44.5 Å². The molecule has 0 unspecified atom stereocenters. The summed E-state index contributed by atoms with van der Waals surface area (Å²) in [6, 6.07) is 3.48. The van der Waals surface area contributed by atoms with Crippen LogP contribution in [-0.2, 0) is 17.5 Å². The third kappa shape index (κ3) is 6.95. The fourth-order valence-electron chi connectivity index (χ4n) is 3.34. The molecule has 0 N–H and O–H groups in total. The number of carbonyl (C=O) groups excluding carboxylic acids is 2. The molecule has 1 saturated heterocycles. The molecule has 0 radical (unpaired) electrons. The van der Waals surface area contributed by atoms with E-state index < -0.39 is 23.4 Å². The van der Waals surface area contributed by atoms with Gasteiger partial charge in [-0.1, -0.05) is 13.8 Å². The van der Waals surface area contributed by atoms with Crippen LogP contribution in [0.1, 0.15) is 45.7 Å². The van der Waals surface area contributed by atoms with Crippen LogP contribution in [0.25, 0.3) is 0 Å². The molecule has 1 fully saturated rings. The predicted octanol–water partition coefficient (Wildman–Crippen LogP) is 5.31.